The first-order chi connectivity index (χ1) is 11.2. The number of rotatable bonds is 5. The zero-order chi connectivity index (χ0) is 18.4. The number of hydrogen-bond donors (Lipinski definition) is 0. The van der Waals surface area contributed by atoms with Crippen LogP contribution in [0, 0.1) is 0 Å². The van der Waals surface area contributed by atoms with Gasteiger partial charge in [-0.1, -0.05) is 0 Å². The van der Waals surface area contributed by atoms with E-state index in [2.05, 4.69) is 4.74 Å². The van der Waals surface area contributed by atoms with Crippen LogP contribution in [0.2, 0.25) is 0 Å². The zero-order valence-corrected chi connectivity index (χ0v) is 14.0. The Morgan fingerprint density at radius 2 is 1.21 bits per heavy atom. The van der Waals surface area contributed by atoms with Gasteiger partial charge in [0.25, 0.3) is 0 Å². The van der Waals surface area contributed by atoms with Gasteiger partial charge in [-0.05, 0) is 0 Å². The quantitative estimate of drug-likeness (QED) is 0.466. The van der Waals surface area contributed by atoms with Gasteiger partial charge in [0.15, 0.2) is 30.7 Å². The molecule has 0 spiro atoms. The maximum Gasteiger partial charge on any atom is 0.339 e. The highest BCUT2D eigenvalue weighted by Crippen LogP contribution is 2.29. The van der Waals surface area contributed by atoms with Gasteiger partial charge in [-0.2, -0.15) is 0 Å². The van der Waals surface area contributed by atoms with Crippen LogP contribution in [0.5, 0.6) is 0 Å². The summed E-state index contributed by atoms with van der Waals surface area (Å²) >= 11 is 0. The fourth-order valence-corrected chi connectivity index (χ4v) is 2.27. The topological polar surface area (TPSA) is 124 Å². The molecule has 0 aromatic rings. The standard InChI is InChI=1S/C14H20O10/c1-6(15)21-9-10(22-7(2)16)12(23-8(3)17)14(20-5)24-11(9)13(18)19-4/h9-12,14H,1-5H3/t9-,10-,11-,12-,14-/m0/s1. The molecule has 10 heteroatoms. The van der Waals surface area contributed by atoms with E-state index in [-0.39, 0.29) is 0 Å². The van der Waals surface area contributed by atoms with E-state index in [0.29, 0.717) is 0 Å². The molecular weight excluding hydrogens is 328 g/mol. The highest BCUT2D eigenvalue weighted by Gasteiger charge is 2.54. The minimum atomic E-state index is -1.43. The Hall–Kier alpha value is -2.20. The molecule has 136 valence electrons. The molecule has 0 saturated carbocycles. The smallest absolute Gasteiger partial charge is 0.339 e. The van der Waals surface area contributed by atoms with Crippen molar-refractivity contribution in [3.8, 4) is 0 Å². The van der Waals surface area contributed by atoms with Crippen LogP contribution in [-0.2, 0) is 47.6 Å². The number of esters is 4. The maximum absolute atomic E-state index is 11.9. The summed E-state index contributed by atoms with van der Waals surface area (Å²) in [6, 6.07) is 0. The van der Waals surface area contributed by atoms with Crippen LogP contribution in [0.3, 0.4) is 0 Å². The van der Waals surface area contributed by atoms with E-state index in [0.717, 1.165) is 27.9 Å². The summed E-state index contributed by atoms with van der Waals surface area (Å²) in [4.78, 5) is 46.1. The van der Waals surface area contributed by atoms with E-state index in [1.54, 1.807) is 0 Å². The van der Waals surface area contributed by atoms with Gasteiger partial charge in [0.2, 0.25) is 0 Å². The Morgan fingerprint density at radius 3 is 1.62 bits per heavy atom. The van der Waals surface area contributed by atoms with Gasteiger partial charge in [-0.25, -0.2) is 4.79 Å². The monoisotopic (exact) mass is 348 g/mol. The van der Waals surface area contributed by atoms with Gasteiger partial charge in [0, 0.05) is 27.9 Å². The number of ether oxygens (including phenoxy) is 6. The zero-order valence-electron chi connectivity index (χ0n) is 14.0. The Bertz CT molecular complexity index is 502. The third kappa shape index (κ3) is 4.90. The molecule has 0 N–H and O–H groups in total. The van der Waals surface area contributed by atoms with E-state index in [1.165, 1.54) is 7.11 Å². The second kappa shape index (κ2) is 8.60. The summed E-state index contributed by atoms with van der Waals surface area (Å²) < 4.78 is 30.3. The molecule has 5 atom stereocenters. The average Bonchev–Trinajstić information content (AvgIpc) is 2.48. The average molecular weight is 348 g/mol. The van der Waals surface area contributed by atoms with Crippen molar-refractivity contribution in [1.29, 1.82) is 0 Å². The third-order valence-electron chi connectivity index (χ3n) is 3.07. The Kier molecular flexibility index (Phi) is 7.11. The summed E-state index contributed by atoms with van der Waals surface area (Å²) in [6.45, 7) is 3.34. The van der Waals surface area contributed by atoms with Crippen LogP contribution in [0.15, 0.2) is 0 Å². The lowest BCUT2D eigenvalue weighted by Crippen LogP contribution is -2.63. The summed E-state index contributed by atoms with van der Waals surface area (Å²) in [7, 11) is 2.35. The summed E-state index contributed by atoms with van der Waals surface area (Å²) in [6.07, 6.45) is -6.62. The summed E-state index contributed by atoms with van der Waals surface area (Å²) in [5.41, 5.74) is 0. The van der Waals surface area contributed by atoms with Crippen molar-refractivity contribution in [1.82, 2.24) is 0 Å². The Morgan fingerprint density at radius 1 is 0.750 bits per heavy atom. The van der Waals surface area contributed by atoms with E-state index in [9.17, 15) is 19.2 Å². The lowest BCUT2D eigenvalue weighted by Gasteiger charge is -2.42. The van der Waals surface area contributed by atoms with Gasteiger partial charge in [-0.3, -0.25) is 14.4 Å². The van der Waals surface area contributed by atoms with E-state index >= 15 is 0 Å². The normalized spacial score (nSPS) is 29.3. The molecule has 24 heavy (non-hydrogen) atoms. The van der Waals surface area contributed by atoms with Crippen molar-refractivity contribution in [2.24, 2.45) is 0 Å². The lowest BCUT2D eigenvalue weighted by molar-refractivity contribution is -0.296. The van der Waals surface area contributed by atoms with Gasteiger partial charge in [0.1, 0.15) is 0 Å². The minimum absolute atomic E-state index is 0.708. The van der Waals surface area contributed by atoms with Crippen molar-refractivity contribution >= 4 is 23.9 Å². The highest BCUT2D eigenvalue weighted by atomic mass is 16.7. The fourth-order valence-electron chi connectivity index (χ4n) is 2.27. The second-order valence-electron chi connectivity index (χ2n) is 4.91. The molecule has 1 rings (SSSR count). The molecule has 0 aliphatic carbocycles. The molecule has 1 saturated heterocycles. The second-order valence-corrected chi connectivity index (χ2v) is 4.91. The highest BCUT2D eigenvalue weighted by molar-refractivity contribution is 5.77. The van der Waals surface area contributed by atoms with Gasteiger partial charge in [-0.15, -0.1) is 0 Å². The molecule has 1 aliphatic heterocycles. The first-order valence-electron chi connectivity index (χ1n) is 6.99. The molecule has 0 aromatic carbocycles. The van der Waals surface area contributed by atoms with Crippen molar-refractivity contribution in [2.45, 2.75) is 51.5 Å². The van der Waals surface area contributed by atoms with Crippen LogP contribution >= 0.6 is 0 Å². The molecule has 0 unspecified atom stereocenters. The molecule has 0 amide bonds. The van der Waals surface area contributed by atoms with E-state index < -0.39 is 54.6 Å². The van der Waals surface area contributed by atoms with Crippen molar-refractivity contribution in [3.63, 3.8) is 0 Å². The molecule has 0 aromatic heterocycles. The molecule has 1 heterocycles. The van der Waals surface area contributed by atoms with Crippen molar-refractivity contribution in [3.05, 3.63) is 0 Å². The number of carbonyl (C=O) groups excluding carboxylic acids is 4. The molecule has 1 fully saturated rings. The largest absolute Gasteiger partial charge is 0.467 e. The van der Waals surface area contributed by atoms with Gasteiger partial charge >= 0.3 is 23.9 Å². The van der Waals surface area contributed by atoms with E-state index in [4.69, 9.17) is 23.7 Å². The van der Waals surface area contributed by atoms with Crippen LogP contribution in [0.4, 0.5) is 0 Å². The molecular formula is C14H20O10. The summed E-state index contributed by atoms with van der Waals surface area (Å²) in [5.74, 6) is -3.08. The van der Waals surface area contributed by atoms with Gasteiger partial charge < -0.3 is 28.4 Å². The van der Waals surface area contributed by atoms with Crippen LogP contribution in [-0.4, -0.2) is 68.8 Å². The van der Waals surface area contributed by atoms with Crippen LogP contribution in [0.25, 0.3) is 0 Å². The van der Waals surface area contributed by atoms with Crippen LogP contribution < -0.4 is 0 Å². The van der Waals surface area contributed by atoms with Crippen molar-refractivity contribution in [2.75, 3.05) is 14.2 Å². The first-order valence-corrected chi connectivity index (χ1v) is 6.99. The SMILES string of the molecule is COC(=O)[C@H]1O[C@H](OC)[C@@H](OC(C)=O)[C@@H](OC(C)=O)[C@@H]1OC(C)=O. The number of methoxy groups -OCH3 is 2. The molecule has 1 aliphatic rings. The fraction of sp³-hybridized carbons (Fsp3) is 0.714. The first kappa shape index (κ1) is 19.8. The van der Waals surface area contributed by atoms with Gasteiger partial charge in [0.05, 0.1) is 7.11 Å². The minimum Gasteiger partial charge on any atom is -0.467 e. The Labute approximate surface area is 138 Å². The molecule has 0 radical (unpaired) electrons. The van der Waals surface area contributed by atoms with E-state index in [1.807, 2.05) is 0 Å². The third-order valence-corrected chi connectivity index (χ3v) is 3.07. The molecule has 0 bridgehead atoms. The Balaban J connectivity index is 3.28. The van der Waals surface area contributed by atoms with Crippen molar-refractivity contribution < 1.29 is 47.6 Å². The lowest BCUT2D eigenvalue weighted by atomic mass is 9.97. The molecule has 10 nitrogen and oxygen atoms in total. The number of hydrogen-bond acceptors (Lipinski definition) is 10. The maximum atomic E-state index is 11.9. The predicted molar refractivity (Wildman–Crippen MR) is 74.3 cm³/mol. The predicted octanol–water partition coefficient (Wildman–Crippen LogP) is -0.674. The van der Waals surface area contributed by atoms with Crippen LogP contribution in [0.1, 0.15) is 20.8 Å². The summed E-state index contributed by atoms with van der Waals surface area (Å²) in [5, 5.41) is 0. The number of carbonyl (C=O) groups is 4.